The fourth-order valence-corrected chi connectivity index (χ4v) is 1.53. The molecule has 2 aromatic rings. The van der Waals surface area contributed by atoms with Gasteiger partial charge in [0.2, 0.25) is 5.89 Å². The molecule has 0 aromatic carbocycles. The van der Waals surface area contributed by atoms with Gasteiger partial charge in [0, 0.05) is 10.9 Å². The third-order valence-electron chi connectivity index (χ3n) is 1.55. The van der Waals surface area contributed by atoms with Gasteiger partial charge in [-0.15, -0.1) is 10.2 Å². The molecule has 6 heteroatoms. The number of hydrogen-bond acceptors (Lipinski definition) is 6. The lowest BCUT2D eigenvalue weighted by molar-refractivity contribution is 0.0556. The number of aromatic nitrogens is 2. The number of ether oxygens (including phenoxy) is 1. The van der Waals surface area contributed by atoms with E-state index in [4.69, 9.17) is 4.42 Å². The summed E-state index contributed by atoms with van der Waals surface area (Å²) in [6, 6.07) is 1.83. The molecule has 0 aliphatic carbocycles. The SMILES string of the molecule is COC(=O)c1nnc(-c2ccsc2)o1. The van der Waals surface area contributed by atoms with Crippen LogP contribution in [0.3, 0.4) is 0 Å². The van der Waals surface area contributed by atoms with Crippen LogP contribution in [0.4, 0.5) is 0 Å². The maximum Gasteiger partial charge on any atom is 0.396 e. The fraction of sp³-hybridized carbons (Fsp3) is 0.125. The minimum Gasteiger partial charge on any atom is -0.462 e. The highest BCUT2D eigenvalue weighted by atomic mass is 32.1. The molecule has 72 valence electrons. The molecular weight excluding hydrogens is 204 g/mol. The van der Waals surface area contributed by atoms with Crippen molar-refractivity contribution in [2.24, 2.45) is 0 Å². The molecule has 0 aliphatic heterocycles. The van der Waals surface area contributed by atoms with Crippen LogP contribution in [0.5, 0.6) is 0 Å². The van der Waals surface area contributed by atoms with E-state index < -0.39 is 5.97 Å². The van der Waals surface area contributed by atoms with Gasteiger partial charge in [-0.25, -0.2) is 4.79 Å². The Bertz CT molecular complexity index is 435. The monoisotopic (exact) mass is 210 g/mol. The number of carbonyl (C=O) groups excluding carboxylic acids is 1. The van der Waals surface area contributed by atoms with Crippen molar-refractivity contribution in [1.29, 1.82) is 0 Å². The van der Waals surface area contributed by atoms with Crippen molar-refractivity contribution < 1.29 is 13.9 Å². The van der Waals surface area contributed by atoms with Gasteiger partial charge in [0.15, 0.2) is 0 Å². The Morgan fingerprint density at radius 2 is 2.43 bits per heavy atom. The van der Waals surface area contributed by atoms with Crippen LogP contribution in [0.1, 0.15) is 10.7 Å². The molecule has 5 nitrogen and oxygen atoms in total. The second-order valence-corrected chi connectivity index (χ2v) is 3.20. The highest BCUT2D eigenvalue weighted by Gasteiger charge is 2.15. The van der Waals surface area contributed by atoms with E-state index in [1.165, 1.54) is 18.4 Å². The van der Waals surface area contributed by atoms with Crippen molar-refractivity contribution in [3.05, 3.63) is 22.7 Å². The van der Waals surface area contributed by atoms with Crippen LogP contribution in [-0.4, -0.2) is 23.3 Å². The Hall–Kier alpha value is -1.69. The number of thiophene rings is 1. The van der Waals surface area contributed by atoms with E-state index in [1.54, 1.807) is 0 Å². The molecule has 0 aliphatic rings. The van der Waals surface area contributed by atoms with E-state index in [9.17, 15) is 4.79 Å². The third kappa shape index (κ3) is 1.51. The first-order valence-electron chi connectivity index (χ1n) is 3.75. The van der Waals surface area contributed by atoms with Crippen LogP contribution < -0.4 is 0 Å². The first-order chi connectivity index (χ1) is 6.81. The van der Waals surface area contributed by atoms with Crippen molar-refractivity contribution in [3.63, 3.8) is 0 Å². The average Bonchev–Trinajstić information content (AvgIpc) is 2.86. The second-order valence-electron chi connectivity index (χ2n) is 2.42. The van der Waals surface area contributed by atoms with Crippen LogP contribution in [-0.2, 0) is 4.74 Å². The van der Waals surface area contributed by atoms with Crippen molar-refractivity contribution >= 4 is 17.3 Å². The predicted octanol–water partition coefficient (Wildman–Crippen LogP) is 1.58. The lowest BCUT2D eigenvalue weighted by Gasteiger charge is -1.89. The van der Waals surface area contributed by atoms with Crippen LogP contribution in [0.25, 0.3) is 11.5 Å². The second kappa shape index (κ2) is 3.59. The van der Waals surface area contributed by atoms with Gasteiger partial charge >= 0.3 is 11.9 Å². The number of carbonyl (C=O) groups is 1. The van der Waals surface area contributed by atoms with Crippen molar-refractivity contribution in [2.75, 3.05) is 7.11 Å². The van der Waals surface area contributed by atoms with Gasteiger partial charge in [-0.2, -0.15) is 11.3 Å². The third-order valence-corrected chi connectivity index (χ3v) is 2.24. The zero-order valence-electron chi connectivity index (χ0n) is 7.26. The summed E-state index contributed by atoms with van der Waals surface area (Å²) in [5.74, 6) is -0.431. The van der Waals surface area contributed by atoms with E-state index in [0.717, 1.165) is 5.56 Å². The molecule has 0 unspecified atom stereocenters. The minimum absolute atomic E-state index is 0.131. The standard InChI is InChI=1S/C8H6N2O3S/c1-12-8(11)7-10-9-6(13-7)5-2-3-14-4-5/h2-4H,1H3. The Balaban J connectivity index is 2.31. The number of nitrogens with zero attached hydrogens (tertiary/aromatic N) is 2. The van der Waals surface area contributed by atoms with Gasteiger partial charge in [-0.1, -0.05) is 0 Å². The molecule has 0 fully saturated rings. The molecular formula is C8H6N2O3S. The van der Waals surface area contributed by atoms with Crippen LogP contribution in [0.2, 0.25) is 0 Å². The van der Waals surface area contributed by atoms with E-state index >= 15 is 0 Å². The summed E-state index contributed by atoms with van der Waals surface area (Å²) in [5, 5.41) is 11.0. The molecule has 0 saturated heterocycles. The molecule has 0 N–H and O–H groups in total. The number of methoxy groups -OCH3 is 1. The molecule has 14 heavy (non-hydrogen) atoms. The summed E-state index contributed by atoms with van der Waals surface area (Å²) in [6.07, 6.45) is 0. The highest BCUT2D eigenvalue weighted by Crippen LogP contribution is 2.20. The van der Waals surface area contributed by atoms with E-state index in [1.807, 2.05) is 16.8 Å². The van der Waals surface area contributed by atoms with Crippen molar-refractivity contribution in [2.45, 2.75) is 0 Å². The van der Waals surface area contributed by atoms with Gasteiger partial charge in [-0.05, 0) is 11.4 Å². The predicted molar refractivity (Wildman–Crippen MR) is 49.0 cm³/mol. The number of hydrogen-bond donors (Lipinski definition) is 0. The zero-order chi connectivity index (χ0) is 9.97. The Kier molecular flexibility index (Phi) is 2.28. The normalized spacial score (nSPS) is 10.1. The summed E-state index contributed by atoms with van der Waals surface area (Å²) in [6.45, 7) is 0. The molecule has 0 bridgehead atoms. The molecule has 0 radical (unpaired) electrons. The number of rotatable bonds is 2. The summed E-state index contributed by atoms with van der Waals surface area (Å²) < 4.78 is 9.52. The molecule has 0 spiro atoms. The van der Waals surface area contributed by atoms with Crippen LogP contribution in [0, 0.1) is 0 Å². The minimum atomic E-state index is -0.626. The van der Waals surface area contributed by atoms with E-state index in [0.29, 0.717) is 5.89 Å². The van der Waals surface area contributed by atoms with E-state index in [2.05, 4.69) is 14.9 Å². The lowest BCUT2D eigenvalue weighted by atomic mass is 10.3. The smallest absolute Gasteiger partial charge is 0.396 e. The molecule has 2 rings (SSSR count). The first-order valence-corrected chi connectivity index (χ1v) is 4.70. The highest BCUT2D eigenvalue weighted by molar-refractivity contribution is 7.08. The Labute approximate surface area is 83.3 Å². The lowest BCUT2D eigenvalue weighted by Crippen LogP contribution is -2.00. The Morgan fingerprint density at radius 3 is 3.07 bits per heavy atom. The average molecular weight is 210 g/mol. The van der Waals surface area contributed by atoms with Gasteiger partial charge < -0.3 is 9.15 Å². The molecule has 0 atom stereocenters. The van der Waals surface area contributed by atoms with Crippen molar-refractivity contribution in [3.8, 4) is 11.5 Å². The largest absolute Gasteiger partial charge is 0.462 e. The summed E-state index contributed by atoms with van der Waals surface area (Å²) in [7, 11) is 1.26. The van der Waals surface area contributed by atoms with E-state index in [-0.39, 0.29) is 5.89 Å². The first kappa shape index (κ1) is 8.89. The fourth-order valence-electron chi connectivity index (χ4n) is 0.896. The van der Waals surface area contributed by atoms with Gasteiger partial charge in [0.25, 0.3) is 0 Å². The summed E-state index contributed by atoms with van der Waals surface area (Å²) in [5.41, 5.74) is 0.803. The molecule has 2 aromatic heterocycles. The number of esters is 1. The molecule has 2 heterocycles. The summed E-state index contributed by atoms with van der Waals surface area (Å²) in [4.78, 5) is 11.0. The van der Waals surface area contributed by atoms with Crippen LogP contribution in [0.15, 0.2) is 21.2 Å². The van der Waals surface area contributed by atoms with Gasteiger partial charge in [-0.3, -0.25) is 0 Å². The van der Waals surface area contributed by atoms with Gasteiger partial charge in [0.1, 0.15) is 0 Å². The maximum atomic E-state index is 11.0. The zero-order valence-corrected chi connectivity index (χ0v) is 8.08. The van der Waals surface area contributed by atoms with Crippen molar-refractivity contribution in [1.82, 2.24) is 10.2 Å². The molecule has 0 amide bonds. The quantitative estimate of drug-likeness (QED) is 0.704. The van der Waals surface area contributed by atoms with Crippen LogP contribution >= 0.6 is 11.3 Å². The van der Waals surface area contributed by atoms with Gasteiger partial charge in [0.05, 0.1) is 7.11 Å². The summed E-state index contributed by atoms with van der Waals surface area (Å²) >= 11 is 1.51. The molecule has 0 saturated carbocycles. The maximum absolute atomic E-state index is 11.0. The Morgan fingerprint density at radius 1 is 1.57 bits per heavy atom. The topological polar surface area (TPSA) is 65.2 Å².